The van der Waals surface area contributed by atoms with Crippen LogP contribution in [0, 0.1) is 5.82 Å². The highest BCUT2D eigenvalue weighted by Gasteiger charge is 2.42. The number of hydrogen-bond donors (Lipinski definition) is 3. The van der Waals surface area contributed by atoms with Gasteiger partial charge in [-0.2, -0.15) is 0 Å². The topological polar surface area (TPSA) is 158 Å². The van der Waals surface area contributed by atoms with Crippen LogP contribution >= 0.6 is 11.3 Å². The Morgan fingerprint density at radius 2 is 1.80 bits per heavy atom. The number of fused-ring (bicyclic) bond motifs is 2. The van der Waals surface area contributed by atoms with Gasteiger partial charge in [0, 0.05) is 91.5 Å². The van der Waals surface area contributed by atoms with Crippen molar-refractivity contribution in [2.45, 2.75) is 57.4 Å². The van der Waals surface area contributed by atoms with Crippen LogP contribution in [0.25, 0.3) is 11.1 Å². The van der Waals surface area contributed by atoms with E-state index in [2.05, 4.69) is 40.7 Å². The number of imidazole rings is 1. The highest BCUT2D eigenvalue weighted by molar-refractivity contribution is 7.13. The molecular formula is C40H39FN10O4S. The molecule has 2 fully saturated rings. The molecule has 0 aliphatic carbocycles. The summed E-state index contributed by atoms with van der Waals surface area (Å²) in [5, 5.41) is 10.6. The molecule has 5 aromatic rings. The van der Waals surface area contributed by atoms with Crippen LogP contribution in [0.5, 0.6) is 0 Å². The van der Waals surface area contributed by atoms with Crippen LogP contribution in [0.1, 0.15) is 58.2 Å². The van der Waals surface area contributed by atoms with Crippen molar-refractivity contribution in [2.24, 2.45) is 0 Å². The number of imide groups is 1. The molecule has 4 aliphatic heterocycles. The first-order valence-corrected chi connectivity index (χ1v) is 19.7. The van der Waals surface area contributed by atoms with Gasteiger partial charge in [0.2, 0.25) is 11.8 Å². The zero-order valence-electron chi connectivity index (χ0n) is 30.4. The summed E-state index contributed by atoms with van der Waals surface area (Å²) in [6.07, 6.45) is 7.39. The third kappa shape index (κ3) is 6.90. The fourth-order valence-electron chi connectivity index (χ4n) is 8.13. The highest BCUT2D eigenvalue weighted by atomic mass is 32.1. The van der Waals surface area contributed by atoms with Crippen molar-refractivity contribution in [3.63, 3.8) is 0 Å². The van der Waals surface area contributed by atoms with E-state index in [0.29, 0.717) is 41.6 Å². The van der Waals surface area contributed by atoms with Crippen molar-refractivity contribution < 1.29 is 23.6 Å². The Morgan fingerprint density at radius 1 is 0.964 bits per heavy atom. The molecule has 2 aromatic carbocycles. The number of pyridine rings is 1. The number of piperazine rings is 1. The number of hydrogen-bond acceptors (Lipinski definition) is 11. The highest BCUT2D eigenvalue weighted by Crippen LogP contribution is 2.38. The molecule has 4 amide bonds. The first-order chi connectivity index (χ1) is 27.3. The second kappa shape index (κ2) is 14.9. The summed E-state index contributed by atoms with van der Waals surface area (Å²) in [6, 6.07) is 13.5. The number of carbonyl (C=O) groups is 4. The molecule has 0 spiro atoms. The number of carbonyl (C=O) groups excluding carboxylic acids is 4. The maximum atomic E-state index is 15.9. The molecule has 2 saturated heterocycles. The van der Waals surface area contributed by atoms with Gasteiger partial charge in [0.1, 0.15) is 17.7 Å². The number of benzene rings is 2. The van der Waals surface area contributed by atoms with Crippen LogP contribution in [-0.4, -0.2) is 85.2 Å². The Balaban J connectivity index is 0.868. The number of rotatable bonds is 10. The van der Waals surface area contributed by atoms with Gasteiger partial charge in [0.15, 0.2) is 11.2 Å². The van der Waals surface area contributed by atoms with Gasteiger partial charge in [-0.05, 0) is 60.7 Å². The lowest BCUT2D eigenvalue weighted by Gasteiger charge is -2.36. The summed E-state index contributed by atoms with van der Waals surface area (Å²) in [5.41, 5.74) is 5.32. The maximum Gasteiger partial charge on any atom is 0.255 e. The van der Waals surface area contributed by atoms with E-state index in [-0.39, 0.29) is 29.5 Å². The molecule has 3 aromatic heterocycles. The summed E-state index contributed by atoms with van der Waals surface area (Å²) in [5.74, 6) is -1.28. The summed E-state index contributed by atoms with van der Waals surface area (Å²) in [4.78, 5) is 71.2. The minimum absolute atomic E-state index is 0.0497. The minimum atomic E-state index is -1.04. The second-order valence-corrected chi connectivity index (χ2v) is 15.4. The number of nitrogens with one attached hydrogen (secondary N) is 3. The molecule has 3 N–H and O–H groups in total. The van der Waals surface area contributed by atoms with E-state index in [9.17, 15) is 19.2 Å². The van der Waals surface area contributed by atoms with Crippen molar-refractivity contribution >= 4 is 51.6 Å². The number of anilines is 3. The summed E-state index contributed by atoms with van der Waals surface area (Å²) in [6.45, 7) is 4.63. The van der Waals surface area contributed by atoms with Gasteiger partial charge in [-0.1, -0.05) is 18.2 Å². The third-order valence-electron chi connectivity index (χ3n) is 11.1. The molecule has 0 radical (unpaired) electrons. The molecule has 0 bridgehead atoms. The number of amides is 4. The van der Waals surface area contributed by atoms with Gasteiger partial charge in [0.25, 0.3) is 11.8 Å². The van der Waals surface area contributed by atoms with Crippen LogP contribution in [0.4, 0.5) is 21.0 Å². The molecular weight excluding hydrogens is 736 g/mol. The van der Waals surface area contributed by atoms with Crippen LogP contribution in [-0.2, 0) is 40.4 Å². The predicted octanol–water partition coefficient (Wildman–Crippen LogP) is 4.36. The average Bonchev–Trinajstić information content (AvgIpc) is 4.02. The van der Waals surface area contributed by atoms with Gasteiger partial charge in [0.05, 0.1) is 18.6 Å². The van der Waals surface area contributed by atoms with Crippen molar-refractivity contribution in [1.29, 1.82) is 0 Å². The Morgan fingerprint density at radius 3 is 2.59 bits per heavy atom. The van der Waals surface area contributed by atoms with Gasteiger partial charge >= 0.3 is 0 Å². The third-order valence-corrected chi connectivity index (χ3v) is 11.7. The lowest BCUT2D eigenvalue weighted by Crippen LogP contribution is -2.48. The molecule has 56 heavy (non-hydrogen) atoms. The zero-order chi connectivity index (χ0) is 38.3. The van der Waals surface area contributed by atoms with Crippen LogP contribution in [0.15, 0.2) is 72.6 Å². The lowest BCUT2D eigenvalue weighted by molar-refractivity contribution is -0.133. The second-order valence-electron chi connectivity index (χ2n) is 14.5. The quantitative estimate of drug-likeness (QED) is 0.174. The van der Waals surface area contributed by atoms with Crippen LogP contribution in [0.3, 0.4) is 0 Å². The molecule has 2 unspecified atom stereocenters. The van der Waals surface area contributed by atoms with Gasteiger partial charge in [-0.3, -0.25) is 34.7 Å². The van der Waals surface area contributed by atoms with Gasteiger partial charge < -0.3 is 19.7 Å². The first-order valence-electron chi connectivity index (χ1n) is 18.8. The SMILES string of the molecule is O=C1CCC(Nc2ncccc2CN2CCN(c3ccc(-c4cc(F)c5c(c4)C(=O)N(C(C(=O)Nc4nccs4)c4ncn6c4CCC6)C5)cc3)CC2)C(=O)N1. The number of aromatic nitrogens is 4. The van der Waals surface area contributed by atoms with Gasteiger partial charge in [-0.15, -0.1) is 11.3 Å². The Hall–Kier alpha value is -6.00. The Bertz CT molecular complexity index is 2320. The van der Waals surface area contributed by atoms with Crippen LogP contribution in [0.2, 0.25) is 0 Å². The number of piperidine rings is 1. The molecule has 4 aliphatic rings. The molecule has 7 heterocycles. The van der Waals surface area contributed by atoms with Crippen molar-refractivity contribution in [1.82, 2.24) is 34.6 Å². The van der Waals surface area contributed by atoms with E-state index in [0.717, 1.165) is 68.1 Å². The zero-order valence-corrected chi connectivity index (χ0v) is 31.2. The monoisotopic (exact) mass is 774 g/mol. The van der Waals surface area contributed by atoms with E-state index in [1.807, 2.05) is 41.0 Å². The largest absolute Gasteiger partial charge is 0.369 e. The lowest BCUT2D eigenvalue weighted by atomic mass is 9.99. The number of thiazole rings is 1. The van der Waals surface area contributed by atoms with Crippen molar-refractivity contribution in [3.8, 4) is 11.1 Å². The number of aryl methyl sites for hydroxylation is 1. The standard InChI is InChI=1S/C40H39FN10O4S/c41-30-20-26(19-28-29(30)22-51(39(28)55)35(38(54)47-40-43-12-18-56-40)34-32-4-2-13-50(32)23-44-34)24-5-7-27(8-6-24)49-16-14-48(15-17-49)21-25-3-1-11-42-36(25)45-31-9-10-33(52)46-37(31)53/h1,3,5-8,11-12,18-20,23,31,35H,2,4,9-10,13-17,21-22H2,(H,42,45)(H,43,47,54)(H,46,52,53). The van der Waals surface area contributed by atoms with E-state index in [1.165, 1.54) is 22.3 Å². The molecule has 0 saturated carbocycles. The van der Waals surface area contributed by atoms with E-state index in [4.69, 9.17) is 0 Å². The minimum Gasteiger partial charge on any atom is -0.369 e. The van der Waals surface area contributed by atoms with E-state index < -0.39 is 29.7 Å². The van der Waals surface area contributed by atoms with E-state index in [1.54, 1.807) is 30.2 Å². The van der Waals surface area contributed by atoms with Crippen LogP contribution < -0.4 is 20.9 Å². The maximum absolute atomic E-state index is 15.9. The molecule has 14 nitrogen and oxygen atoms in total. The fourth-order valence-corrected chi connectivity index (χ4v) is 8.66. The first kappa shape index (κ1) is 35.7. The molecule has 16 heteroatoms. The molecule has 286 valence electrons. The smallest absolute Gasteiger partial charge is 0.255 e. The fraction of sp³-hybridized carbons (Fsp3) is 0.325. The number of nitrogens with zero attached hydrogens (tertiary/aromatic N) is 7. The normalized spacial score (nSPS) is 18.8. The Kier molecular flexibility index (Phi) is 9.51. The average molecular weight is 775 g/mol. The predicted molar refractivity (Wildman–Crippen MR) is 207 cm³/mol. The van der Waals surface area contributed by atoms with Crippen molar-refractivity contribution in [2.75, 3.05) is 41.7 Å². The van der Waals surface area contributed by atoms with E-state index >= 15 is 4.39 Å². The summed E-state index contributed by atoms with van der Waals surface area (Å²) >= 11 is 1.28. The van der Waals surface area contributed by atoms with Crippen molar-refractivity contribution in [3.05, 3.63) is 107 Å². The molecule has 9 rings (SSSR count). The Labute approximate surface area is 325 Å². The number of halogens is 1. The van der Waals surface area contributed by atoms with Gasteiger partial charge in [-0.25, -0.2) is 19.3 Å². The summed E-state index contributed by atoms with van der Waals surface area (Å²) < 4.78 is 17.9. The molecule has 2 atom stereocenters. The summed E-state index contributed by atoms with van der Waals surface area (Å²) in [7, 11) is 0.